The molecule has 22 heavy (non-hydrogen) atoms. The van der Waals surface area contributed by atoms with Crippen LogP contribution in [0.2, 0.25) is 0 Å². The van der Waals surface area contributed by atoms with E-state index in [0.29, 0.717) is 23.5 Å². The lowest BCUT2D eigenvalue weighted by atomic mass is 10.1. The number of nitrogens with one attached hydrogen (secondary N) is 1. The Bertz CT molecular complexity index is 576. The van der Waals surface area contributed by atoms with Gasteiger partial charge in [-0.3, -0.25) is 9.59 Å². The molecule has 1 atom stereocenters. The maximum absolute atomic E-state index is 12.1. The van der Waals surface area contributed by atoms with E-state index in [1.54, 1.807) is 26.2 Å². The molecule has 2 rings (SSSR count). The maximum Gasteiger partial charge on any atom is 0.326 e. The quantitative estimate of drug-likeness (QED) is 0.831. The highest BCUT2D eigenvalue weighted by molar-refractivity contribution is 5.98. The van der Waals surface area contributed by atoms with Crippen molar-refractivity contribution in [3.8, 4) is 0 Å². The predicted molar refractivity (Wildman–Crippen MR) is 80.7 cm³/mol. The first-order chi connectivity index (χ1) is 10.4. The number of benzene rings is 1. The summed E-state index contributed by atoms with van der Waals surface area (Å²) in [5.41, 5.74) is 0.826. The van der Waals surface area contributed by atoms with E-state index in [-0.39, 0.29) is 5.91 Å². The van der Waals surface area contributed by atoms with E-state index < -0.39 is 17.9 Å². The van der Waals surface area contributed by atoms with Crippen LogP contribution in [0.15, 0.2) is 24.3 Å². The van der Waals surface area contributed by atoms with Crippen molar-refractivity contribution in [2.24, 2.45) is 5.92 Å². The second-order valence-corrected chi connectivity index (χ2v) is 5.82. The number of carbonyl (C=O) groups excluding carboxylic acids is 2. The molecule has 118 valence electrons. The van der Waals surface area contributed by atoms with Crippen LogP contribution < -0.4 is 5.32 Å². The molecule has 0 bridgehead atoms. The van der Waals surface area contributed by atoms with E-state index in [1.807, 2.05) is 0 Å². The molecule has 1 aromatic carbocycles. The molecule has 0 spiro atoms. The van der Waals surface area contributed by atoms with Crippen LogP contribution in [-0.4, -0.2) is 47.9 Å². The monoisotopic (exact) mass is 304 g/mol. The van der Waals surface area contributed by atoms with Crippen molar-refractivity contribution < 1.29 is 19.5 Å². The predicted octanol–water partition coefficient (Wildman–Crippen LogP) is 1.37. The molecule has 0 aliphatic heterocycles. The van der Waals surface area contributed by atoms with Gasteiger partial charge in [-0.1, -0.05) is 12.8 Å². The minimum absolute atomic E-state index is 0.149. The first-order valence-electron chi connectivity index (χ1n) is 7.24. The minimum atomic E-state index is -1.01. The van der Waals surface area contributed by atoms with Gasteiger partial charge in [-0.05, 0) is 36.6 Å². The normalized spacial score (nSPS) is 15.0. The van der Waals surface area contributed by atoms with Gasteiger partial charge in [0.2, 0.25) is 0 Å². The zero-order valence-corrected chi connectivity index (χ0v) is 12.7. The van der Waals surface area contributed by atoms with Crippen LogP contribution in [-0.2, 0) is 4.79 Å². The molecule has 1 unspecified atom stereocenters. The van der Waals surface area contributed by atoms with Gasteiger partial charge in [0.15, 0.2) is 0 Å². The molecule has 0 saturated heterocycles. The van der Waals surface area contributed by atoms with Gasteiger partial charge in [0.1, 0.15) is 6.04 Å². The minimum Gasteiger partial charge on any atom is -0.480 e. The lowest BCUT2D eigenvalue weighted by Gasteiger charge is -2.14. The number of carbonyl (C=O) groups is 3. The molecular formula is C16H20N2O4. The Morgan fingerprint density at radius 3 is 2.18 bits per heavy atom. The average molecular weight is 304 g/mol. The highest BCUT2D eigenvalue weighted by Crippen LogP contribution is 2.33. The number of carboxylic acids is 1. The van der Waals surface area contributed by atoms with Gasteiger partial charge in [-0.2, -0.15) is 0 Å². The highest BCUT2D eigenvalue weighted by atomic mass is 16.4. The van der Waals surface area contributed by atoms with Gasteiger partial charge >= 0.3 is 5.97 Å². The number of hydrogen-bond acceptors (Lipinski definition) is 3. The topological polar surface area (TPSA) is 86.7 Å². The van der Waals surface area contributed by atoms with Gasteiger partial charge in [-0.25, -0.2) is 4.79 Å². The molecular weight excluding hydrogens is 284 g/mol. The van der Waals surface area contributed by atoms with Crippen molar-refractivity contribution in [2.45, 2.75) is 25.3 Å². The molecule has 2 amide bonds. The van der Waals surface area contributed by atoms with Gasteiger partial charge in [0.25, 0.3) is 11.8 Å². The Hall–Kier alpha value is -2.37. The third kappa shape index (κ3) is 4.07. The van der Waals surface area contributed by atoms with Crippen molar-refractivity contribution in [1.29, 1.82) is 0 Å². The number of carboxylic acid groups (broad SMARTS) is 1. The smallest absolute Gasteiger partial charge is 0.326 e. The van der Waals surface area contributed by atoms with Crippen molar-refractivity contribution in [3.63, 3.8) is 0 Å². The Balaban J connectivity index is 2.02. The molecule has 6 nitrogen and oxygen atoms in total. The Morgan fingerprint density at radius 1 is 1.18 bits per heavy atom. The molecule has 0 heterocycles. The highest BCUT2D eigenvalue weighted by Gasteiger charge is 2.30. The lowest BCUT2D eigenvalue weighted by Crippen LogP contribution is -2.41. The molecule has 1 saturated carbocycles. The fourth-order valence-electron chi connectivity index (χ4n) is 2.17. The van der Waals surface area contributed by atoms with Crippen molar-refractivity contribution in [3.05, 3.63) is 35.4 Å². The van der Waals surface area contributed by atoms with E-state index >= 15 is 0 Å². The molecule has 0 aromatic heterocycles. The summed E-state index contributed by atoms with van der Waals surface area (Å²) in [4.78, 5) is 36.5. The SMILES string of the molecule is CN(C)C(=O)c1ccc(C(=O)NC(CC2CC2)C(=O)O)cc1. The largest absolute Gasteiger partial charge is 0.480 e. The fraction of sp³-hybridized carbons (Fsp3) is 0.438. The number of amides is 2. The first-order valence-corrected chi connectivity index (χ1v) is 7.24. The summed E-state index contributed by atoms with van der Waals surface area (Å²) in [5, 5.41) is 11.7. The lowest BCUT2D eigenvalue weighted by molar-refractivity contribution is -0.139. The van der Waals surface area contributed by atoms with Gasteiger partial charge in [0, 0.05) is 25.2 Å². The van der Waals surface area contributed by atoms with Gasteiger partial charge in [-0.15, -0.1) is 0 Å². The number of aliphatic carboxylic acids is 1. The molecule has 1 aliphatic rings. The van der Waals surface area contributed by atoms with E-state index in [4.69, 9.17) is 5.11 Å². The first kappa shape index (κ1) is 16.0. The molecule has 2 N–H and O–H groups in total. The van der Waals surface area contributed by atoms with Gasteiger partial charge < -0.3 is 15.3 Å². The Labute approximate surface area is 129 Å². The summed E-state index contributed by atoms with van der Waals surface area (Å²) in [6.45, 7) is 0. The van der Waals surface area contributed by atoms with Gasteiger partial charge in [0.05, 0.1) is 0 Å². The number of hydrogen-bond donors (Lipinski definition) is 2. The zero-order valence-electron chi connectivity index (χ0n) is 12.7. The van der Waals surface area contributed by atoms with Crippen LogP contribution in [0.3, 0.4) is 0 Å². The fourth-order valence-corrected chi connectivity index (χ4v) is 2.17. The standard InChI is InChI=1S/C16H20N2O4/c1-18(2)15(20)12-7-5-11(6-8-12)14(19)17-13(16(21)22)9-10-3-4-10/h5-8,10,13H,3-4,9H2,1-2H3,(H,17,19)(H,21,22). The summed E-state index contributed by atoms with van der Waals surface area (Å²) >= 11 is 0. The third-order valence-corrected chi connectivity index (χ3v) is 3.67. The molecule has 1 fully saturated rings. The van der Waals surface area contributed by atoms with Crippen LogP contribution in [0, 0.1) is 5.92 Å². The summed E-state index contributed by atoms with van der Waals surface area (Å²) < 4.78 is 0. The maximum atomic E-state index is 12.1. The molecule has 1 aromatic rings. The summed E-state index contributed by atoms with van der Waals surface area (Å²) in [5.74, 6) is -1.19. The second kappa shape index (κ2) is 6.60. The van der Waals surface area contributed by atoms with Crippen LogP contribution in [0.1, 0.15) is 40.0 Å². The van der Waals surface area contributed by atoms with Crippen molar-refractivity contribution in [2.75, 3.05) is 14.1 Å². The van der Waals surface area contributed by atoms with Crippen LogP contribution in [0.5, 0.6) is 0 Å². The molecule has 0 radical (unpaired) electrons. The van der Waals surface area contributed by atoms with E-state index in [9.17, 15) is 14.4 Å². The van der Waals surface area contributed by atoms with Crippen molar-refractivity contribution in [1.82, 2.24) is 10.2 Å². The Morgan fingerprint density at radius 2 is 1.73 bits per heavy atom. The van der Waals surface area contributed by atoms with E-state index in [1.165, 1.54) is 17.0 Å². The summed E-state index contributed by atoms with van der Waals surface area (Å²) in [6, 6.07) is 5.33. The number of rotatable bonds is 6. The van der Waals surface area contributed by atoms with E-state index in [2.05, 4.69) is 5.32 Å². The average Bonchev–Trinajstić information content (AvgIpc) is 3.29. The molecule has 1 aliphatic carbocycles. The number of nitrogens with zero attached hydrogens (tertiary/aromatic N) is 1. The van der Waals surface area contributed by atoms with E-state index in [0.717, 1.165) is 12.8 Å². The zero-order chi connectivity index (χ0) is 16.3. The summed E-state index contributed by atoms with van der Waals surface area (Å²) in [6.07, 6.45) is 2.53. The molecule has 6 heteroatoms. The van der Waals surface area contributed by atoms with Crippen LogP contribution in [0.25, 0.3) is 0 Å². The second-order valence-electron chi connectivity index (χ2n) is 5.82. The Kier molecular flexibility index (Phi) is 4.80. The van der Waals surface area contributed by atoms with Crippen LogP contribution in [0.4, 0.5) is 0 Å². The van der Waals surface area contributed by atoms with Crippen molar-refractivity contribution >= 4 is 17.8 Å². The summed E-state index contributed by atoms with van der Waals surface area (Å²) in [7, 11) is 3.30. The van der Waals surface area contributed by atoms with Crippen LogP contribution >= 0.6 is 0 Å². The third-order valence-electron chi connectivity index (χ3n) is 3.67.